The molecular formula is C11H13NO3. The third-order valence-electron chi connectivity index (χ3n) is 2.45. The Balaban J connectivity index is 2.00. The van der Waals surface area contributed by atoms with Crippen molar-refractivity contribution in [3.8, 4) is 0 Å². The second kappa shape index (κ2) is 4.00. The van der Waals surface area contributed by atoms with E-state index in [1.807, 2.05) is 30.3 Å². The molecule has 15 heavy (non-hydrogen) atoms. The van der Waals surface area contributed by atoms with Crippen LogP contribution in [0.1, 0.15) is 11.7 Å². The predicted molar refractivity (Wildman–Crippen MR) is 53.8 cm³/mol. The zero-order valence-corrected chi connectivity index (χ0v) is 8.71. The van der Waals surface area contributed by atoms with E-state index >= 15 is 0 Å². The first kappa shape index (κ1) is 10.1. The molecule has 1 aliphatic heterocycles. The monoisotopic (exact) mass is 207 g/mol. The van der Waals surface area contributed by atoms with E-state index in [2.05, 4.69) is 0 Å². The third-order valence-corrected chi connectivity index (χ3v) is 2.45. The topological polar surface area (TPSA) is 42.1 Å². The Bertz CT molecular complexity index is 352. The summed E-state index contributed by atoms with van der Waals surface area (Å²) in [4.78, 5) is 16.4. The first-order valence-corrected chi connectivity index (χ1v) is 4.76. The molecule has 0 bridgehead atoms. The van der Waals surface area contributed by atoms with Gasteiger partial charge in [-0.2, -0.15) is 0 Å². The summed E-state index contributed by atoms with van der Waals surface area (Å²) < 4.78 is 5.32. The summed E-state index contributed by atoms with van der Waals surface area (Å²) in [6, 6.07) is 9.69. The summed E-state index contributed by atoms with van der Waals surface area (Å²) in [6.45, 7) is 0. The van der Waals surface area contributed by atoms with Gasteiger partial charge in [0.15, 0.2) is 6.10 Å². The van der Waals surface area contributed by atoms with E-state index < -0.39 is 6.10 Å². The molecule has 1 fully saturated rings. The maximum absolute atomic E-state index is 11.6. The molecule has 4 nitrogen and oxygen atoms in total. The Kier molecular flexibility index (Phi) is 2.70. The van der Waals surface area contributed by atoms with Crippen LogP contribution in [0.4, 0.5) is 0 Å². The lowest BCUT2D eigenvalue weighted by molar-refractivity contribution is -0.170. The summed E-state index contributed by atoms with van der Waals surface area (Å²) in [5.74, 6) is -0.147. The van der Waals surface area contributed by atoms with E-state index in [1.165, 1.54) is 12.2 Å². The minimum absolute atomic E-state index is 0.115. The Morgan fingerprint density at radius 2 is 2.07 bits per heavy atom. The Hall–Kier alpha value is -1.39. The van der Waals surface area contributed by atoms with Crippen LogP contribution in [0, 0.1) is 0 Å². The summed E-state index contributed by atoms with van der Waals surface area (Å²) in [6.07, 6.45) is -0.506. The Morgan fingerprint density at radius 3 is 2.67 bits per heavy atom. The Morgan fingerprint density at radius 1 is 1.40 bits per heavy atom. The number of carbonyl (C=O) groups is 1. The second-order valence-electron chi connectivity index (χ2n) is 3.41. The number of amides is 1. The average molecular weight is 207 g/mol. The quantitative estimate of drug-likeness (QED) is 0.551. The number of likely N-dealkylation sites (N-methyl/N-ethyl adjacent to an activating group) is 1. The molecule has 1 aliphatic rings. The smallest absolute Gasteiger partial charge is 0.278 e. The van der Waals surface area contributed by atoms with Crippen molar-refractivity contribution >= 4 is 5.91 Å². The molecule has 1 aromatic carbocycles. The average Bonchev–Trinajstić information content (AvgIpc) is 3.08. The van der Waals surface area contributed by atoms with Gasteiger partial charge in [-0.3, -0.25) is 9.63 Å². The first-order valence-electron chi connectivity index (χ1n) is 4.76. The second-order valence-corrected chi connectivity index (χ2v) is 3.41. The molecule has 0 radical (unpaired) electrons. The van der Waals surface area contributed by atoms with Gasteiger partial charge in [0.25, 0.3) is 5.91 Å². The summed E-state index contributed by atoms with van der Waals surface area (Å²) in [7, 11) is 3.03. The highest BCUT2D eigenvalue weighted by atomic mass is 16.7. The van der Waals surface area contributed by atoms with Gasteiger partial charge in [-0.15, -0.1) is 0 Å². The van der Waals surface area contributed by atoms with Crippen LogP contribution in [-0.2, 0) is 14.4 Å². The SMILES string of the molecule is CON(C)C(=O)C1OC1c1ccccc1. The zero-order valence-electron chi connectivity index (χ0n) is 8.71. The molecule has 0 spiro atoms. The van der Waals surface area contributed by atoms with Crippen molar-refractivity contribution in [2.24, 2.45) is 0 Å². The van der Waals surface area contributed by atoms with E-state index in [9.17, 15) is 4.79 Å². The molecule has 1 amide bonds. The maximum atomic E-state index is 11.6. The number of benzene rings is 1. The molecule has 1 saturated heterocycles. The Labute approximate surface area is 88.4 Å². The molecule has 1 aromatic rings. The number of hydrogen-bond donors (Lipinski definition) is 0. The predicted octanol–water partition coefficient (Wildman–Crippen LogP) is 1.15. The van der Waals surface area contributed by atoms with Crippen LogP contribution in [0.25, 0.3) is 0 Å². The van der Waals surface area contributed by atoms with Crippen LogP contribution in [0.2, 0.25) is 0 Å². The van der Waals surface area contributed by atoms with Crippen LogP contribution in [-0.4, -0.2) is 31.2 Å². The van der Waals surface area contributed by atoms with E-state index in [-0.39, 0.29) is 12.0 Å². The first-order chi connectivity index (χ1) is 7.24. The lowest BCUT2D eigenvalue weighted by Crippen LogP contribution is -2.29. The summed E-state index contributed by atoms with van der Waals surface area (Å²) >= 11 is 0. The van der Waals surface area contributed by atoms with Gasteiger partial charge in [0.1, 0.15) is 6.10 Å². The minimum atomic E-state index is -0.391. The van der Waals surface area contributed by atoms with Gasteiger partial charge >= 0.3 is 0 Å². The number of epoxide rings is 1. The van der Waals surface area contributed by atoms with E-state index in [4.69, 9.17) is 9.57 Å². The molecule has 0 aromatic heterocycles. The van der Waals surface area contributed by atoms with Gasteiger partial charge < -0.3 is 4.74 Å². The number of ether oxygens (including phenoxy) is 1. The van der Waals surface area contributed by atoms with Gasteiger partial charge in [0.2, 0.25) is 0 Å². The van der Waals surface area contributed by atoms with Crippen molar-refractivity contribution in [2.45, 2.75) is 12.2 Å². The largest absolute Gasteiger partial charge is 0.354 e. The molecule has 2 unspecified atom stereocenters. The fraction of sp³-hybridized carbons (Fsp3) is 0.364. The normalized spacial score (nSPS) is 23.6. The molecule has 4 heteroatoms. The number of nitrogens with zero attached hydrogens (tertiary/aromatic N) is 1. The van der Waals surface area contributed by atoms with Crippen LogP contribution < -0.4 is 0 Å². The zero-order chi connectivity index (χ0) is 10.8. The molecule has 1 heterocycles. The van der Waals surface area contributed by atoms with Gasteiger partial charge in [-0.1, -0.05) is 30.3 Å². The van der Waals surface area contributed by atoms with Gasteiger partial charge in [0, 0.05) is 7.05 Å². The highest BCUT2D eigenvalue weighted by Crippen LogP contribution is 2.39. The maximum Gasteiger partial charge on any atom is 0.278 e. The lowest BCUT2D eigenvalue weighted by atomic mass is 10.1. The van der Waals surface area contributed by atoms with Gasteiger partial charge in [0.05, 0.1) is 7.11 Å². The van der Waals surface area contributed by atoms with Crippen LogP contribution in [0.3, 0.4) is 0 Å². The van der Waals surface area contributed by atoms with Crippen molar-refractivity contribution in [1.82, 2.24) is 5.06 Å². The number of rotatable bonds is 3. The molecule has 0 aliphatic carbocycles. The van der Waals surface area contributed by atoms with Gasteiger partial charge in [-0.05, 0) is 5.56 Å². The fourth-order valence-corrected chi connectivity index (χ4v) is 1.47. The highest BCUT2D eigenvalue weighted by molar-refractivity contribution is 5.83. The minimum Gasteiger partial charge on any atom is -0.354 e. The summed E-state index contributed by atoms with van der Waals surface area (Å²) in [5.41, 5.74) is 1.03. The van der Waals surface area contributed by atoms with Crippen molar-refractivity contribution in [3.63, 3.8) is 0 Å². The van der Waals surface area contributed by atoms with Crippen LogP contribution in [0.15, 0.2) is 30.3 Å². The van der Waals surface area contributed by atoms with Crippen molar-refractivity contribution < 1.29 is 14.4 Å². The molecule has 80 valence electrons. The molecule has 0 saturated carbocycles. The number of hydrogen-bond acceptors (Lipinski definition) is 3. The van der Waals surface area contributed by atoms with E-state index in [0.29, 0.717) is 0 Å². The van der Waals surface area contributed by atoms with E-state index in [0.717, 1.165) is 5.56 Å². The standard InChI is InChI=1S/C11H13NO3/c1-12(14-2)11(13)10-9(15-10)8-6-4-3-5-7-8/h3-7,9-10H,1-2H3. The third kappa shape index (κ3) is 2.00. The van der Waals surface area contributed by atoms with Crippen molar-refractivity contribution in [2.75, 3.05) is 14.2 Å². The van der Waals surface area contributed by atoms with Crippen molar-refractivity contribution in [3.05, 3.63) is 35.9 Å². The van der Waals surface area contributed by atoms with Gasteiger partial charge in [-0.25, -0.2) is 5.06 Å². The van der Waals surface area contributed by atoms with Crippen LogP contribution in [0.5, 0.6) is 0 Å². The molecular weight excluding hydrogens is 194 g/mol. The van der Waals surface area contributed by atoms with E-state index in [1.54, 1.807) is 7.05 Å². The number of carbonyl (C=O) groups excluding carboxylic acids is 1. The van der Waals surface area contributed by atoms with Crippen molar-refractivity contribution in [1.29, 1.82) is 0 Å². The lowest BCUT2D eigenvalue weighted by Gasteiger charge is -2.11. The summed E-state index contributed by atoms with van der Waals surface area (Å²) in [5, 5.41) is 1.19. The highest BCUT2D eigenvalue weighted by Gasteiger charge is 2.47. The fourth-order valence-electron chi connectivity index (χ4n) is 1.47. The molecule has 0 N–H and O–H groups in total. The molecule has 2 rings (SSSR count). The molecule has 2 atom stereocenters. The number of hydroxylamine groups is 2. The van der Waals surface area contributed by atoms with Crippen LogP contribution >= 0.6 is 0 Å².